The van der Waals surface area contributed by atoms with E-state index in [2.05, 4.69) is 14.9 Å². The first-order valence-electron chi connectivity index (χ1n) is 7.70. The minimum absolute atomic E-state index is 0.0666. The van der Waals surface area contributed by atoms with E-state index in [1.807, 2.05) is 4.57 Å². The molecule has 0 fully saturated rings. The molecule has 4 rings (SSSR count). The maximum atomic E-state index is 12.5. The largest absolute Gasteiger partial charge is 0.359 e. The zero-order valence-corrected chi connectivity index (χ0v) is 13.0. The summed E-state index contributed by atoms with van der Waals surface area (Å²) in [7, 11) is -3.72. The second kappa shape index (κ2) is 5.12. The average molecular weight is 322 g/mol. The zero-order valence-electron chi connectivity index (χ0n) is 12.2. The summed E-state index contributed by atoms with van der Waals surface area (Å²) in [6.07, 6.45) is 8.27. The molecule has 118 valence electrons. The van der Waals surface area contributed by atoms with Gasteiger partial charge in [0.25, 0.3) is 10.0 Å². The van der Waals surface area contributed by atoms with Crippen LogP contribution in [0.3, 0.4) is 0 Å². The molecule has 0 saturated carbocycles. The van der Waals surface area contributed by atoms with Gasteiger partial charge in [-0.05, 0) is 32.1 Å². The van der Waals surface area contributed by atoms with Gasteiger partial charge in [-0.2, -0.15) is 8.42 Å². The molecule has 7 nitrogen and oxygen atoms in total. The van der Waals surface area contributed by atoms with Crippen LogP contribution in [0.4, 0.5) is 5.82 Å². The fourth-order valence-electron chi connectivity index (χ4n) is 3.16. The third-order valence-electron chi connectivity index (χ3n) is 4.34. The molecule has 1 N–H and O–H groups in total. The zero-order chi connectivity index (χ0) is 15.2. The number of anilines is 1. The molecule has 0 radical (unpaired) electrons. The number of aromatic nitrogens is 3. The van der Waals surface area contributed by atoms with Gasteiger partial charge in [0.05, 0.1) is 0 Å². The maximum absolute atomic E-state index is 12.5. The third-order valence-corrected chi connectivity index (χ3v) is 5.55. The molecule has 0 unspecified atom stereocenters. The highest BCUT2D eigenvalue weighted by Gasteiger charge is 2.26. The van der Waals surface area contributed by atoms with Crippen LogP contribution in [-0.2, 0) is 35.8 Å². The highest BCUT2D eigenvalue weighted by molar-refractivity contribution is 7.92. The average Bonchev–Trinajstić information content (AvgIpc) is 3.12. The van der Waals surface area contributed by atoms with Crippen molar-refractivity contribution < 1.29 is 12.9 Å². The Balaban J connectivity index is 1.64. The number of rotatable bonds is 3. The lowest BCUT2D eigenvalue weighted by molar-refractivity contribution is 0.374. The van der Waals surface area contributed by atoms with Crippen molar-refractivity contribution in [3.8, 4) is 0 Å². The van der Waals surface area contributed by atoms with Crippen LogP contribution in [0.15, 0.2) is 15.7 Å². The van der Waals surface area contributed by atoms with Crippen LogP contribution in [-0.4, -0.2) is 23.1 Å². The van der Waals surface area contributed by atoms with Crippen LogP contribution in [0.25, 0.3) is 0 Å². The lowest BCUT2D eigenvalue weighted by Gasteiger charge is -2.11. The van der Waals surface area contributed by atoms with E-state index in [0.29, 0.717) is 5.82 Å². The van der Waals surface area contributed by atoms with E-state index in [9.17, 15) is 8.42 Å². The second-order valence-corrected chi connectivity index (χ2v) is 7.52. The first kappa shape index (κ1) is 13.8. The highest BCUT2D eigenvalue weighted by atomic mass is 32.2. The summed E-state index contributed by atoms with van der Waals surface area (Å²) >= 11 is 0. The lowest BCUT2D eigenvalue weighted by atomic mass is 9.98. The van der Waals surface area contributed by atoms with Crippen LogP contribution < -0.4 is 4.72 Å². The predicted octanol–water partition coefficient (Wildman–Crippen LogP) is 1.89. The molecule has 22 heavy (non-hydrogen) atoms. The number of hydrogen-bond acceptors (Lipinski definition) is 5. The first-order valence-corrected chi connectivity index (χ1v) is 9.18. The van der Waals surface area contributed by atoms with Crippen LogP contribution in [0.5, 0.6) is 0 Å². The molecule has 1 aliphatic carbocycles. The van der Waals surface area contributed by atoms with Crippen LogP contribution in [0, 0.1) is 0 Å². The molecule has 3 heterocycles. The molecule has 0 atom stereocenters. The van der Waals surface area contributed by atoms with Crippen LogP contribution in [0.1, 0.15) is 42.8 Å². The number of hydrogen-bond donors (Lipinski definition) is 1. The van der Waals surface area contributed by atoms with E-state index in [1.165, 1.54) is 0 Å². The van der Waals surface area contributed by atoms with Crippen LogP contribution >= 0.6 is 0 Å². The molecule has 0 spiro atoms. The molecule has 2 aromatic rings. The van der Waals surface area contributed by atoms with Crippen molar-refractivity contribution in [2.45, 2.75) is 56.5 Å². The summed E-state index contributed by atoms with van der Waals surface area (Å²) < 4.78 is 34.8. The van der Waals surface area contributed by atoms with Crippen LogP contribution in [0.2, 0.25) is 0 Å². The Morgan fingerprint density at radius 3 is 2.82 bits per heavy atom. The third kappa shape index (κ3) is 2.31. The van der Waals surface area contributed by atoms with Crippen molar-refractivity contribution in [1.82, 2.24) is 14.7 Å². The molecule has 1 aliphatic heterocycles. The van der Waals surface area contributed by atoms with Gasteiger partial charge in [-0.25, -0.2) is 4.98 Å². The minimum Gasteiger partial charge on any atom is -0.359 e. The number of nitrogens with one attached hydrogen (secondary N) is 1. The van der Waals surface area contributed by atoms with E-state index < -0.39 is 10.0 Å². The summed E-state index contributed by atoms with van der Waals surface area (Å²) in [5.41, 5.74) is 0.888. The minimum atomic E-state index is -3.72. The number of nitrogens with zero attached hydrogens (tertiary/aromatic N) is 3. The quantitative estimate of drug-likeness (QED) is 0.932. The Labute approximate surface area is 128 Å². The Kier molecular flexibility index (Phi) is 3.21. The molecule has 2 aliphatic rings. The Hall–Kier alpha value is -1.83. The normalized spacial score (nSPS) is 17.8. The highest BCUT2D eigenvalue weighted by Crippen LogP contribution is 2.29. The Bertz CT molecular complexity index is 783. The molecular formula is C14H18N4O3S. The molecular weight excluding hydrogens is 304 g/mol. The van der Waals surface area contributed by atoms with Gasteiger partial charge in [0, 0.05) is 31.1 Å². The molecule has 0 saturated heterocycles. The summed E-state index contributed by atoms with van der Waals surface area (Å²) in [5, 5.41) is 3.96. The number of aryl methyl sites for hydroxylation is 3. The van der Waals surface area contributed by atoms with E-state index in [0.717, 1.165) is 68.6 Å². The molecule has 0 amide bonds. The standard InChI is InChI=1S/C14H18N4O3S/c19-22(20,13-9-18-8-4-3-7-12(18)15-13)17-14-10-5-1-2-6-11(10)21-16-14/h9H,1-8H2,(H,16,17). The summed E-state index contributed by atoms with van der Waals surface area (Å²) in [6.45, 7) is 0.831. The number of sulfonamides is 1. The number of imidazole rings is 1. The van der Waals surface area contributed by atoms with E-state index in [4.69, 9.17) is 4.52 Å². The van der Waals surface area contributed by atoms with Gasteiger partial charge >= 0.3 is 0 Å². The maximum Gasteiger partial charge on any atom is 0.282 e. The van der Waals surface area contributed by atoms with Gasteiger partial charge in [-0.3, -0.25) is 4.72 Å². The van der Waals surface area contributed by atoms with Gasteiger partial charge in [0.1, 0.15) is 11.6 Å². The molecule has 2 aromatic heterocycles. The number of fused-ring (bicyclic) bond motifs is 2. The van der Waals surface area contributed by atoms with Gasteiger partial charge < -0.3 is 9.09 Å². The molecule has 8 heteroatoms. The smallest absolute Gasteiger partial charge is 0.282 e. The van der Waals surface area contributed by atoms with Crippen molar-refractivity contribution in [2.24, 2.45) is 0 Å². The molecule has 0 aromatic carbocycles. The second-order valence-electron chi connectivity index (χ2n) is 5.89. The van der Waals surface area contributed by atoms with E-state index in [-0.39, 0.29) is 5.03 Å². The van der Waals surface area contributed by atoms with E-state index in [1.54, 1.807) is 6.20 Å². The van der Waals surface area contributed by atoms with Crippen molar-refractivity contribution >= 4 is 15.8 Å². The Morgan fingerprint density at radius 2 is 1.95 bits per heavy atom. The first-order chi connectivity index (χ1) is 10.6. The van der Waals surface area contributed by atoms with Gasteiger partial charge in [-0.15, -0.1) is 0 Å². The predicted molar refractivity (Wildman–Crippen MR) is 79.1 cm³/mol. The fourth-order valence-corrected chi connectivity index (χ4v) is 4.17. The summed E-state index contributed by atoms with van der Waals surface area (Å²) in [4.78, 5) is 4.27. The fraction of sp³-hybridized carbons (Fsp3) is 0.571. The SMILES string of the molecule is O=S(=O)(Nc1noc2c1CCCC2)c1cn2c(n1)CCCC2. The van der Waals surface area contributed by atoms with Crippen molar-refractivity contribution in [1.29, 1.82) is 0 Å². The van der Waals surface area contributed by atoms with Crippen molar-refractivity contribution in [2.75, 3.05) is 4.72 Å². The monoisotopic (exact) mass is 322 g/mol. The van der Waals surface area contributed by atoms with Gasteiger partial charge in [0.2, 0.25) is 0 Å². The lowest BCUT2D eigenvalue weighted by Crippen LogP contribution is -2.15. The summed E-state index contributed by atoms with van der Waals surface area (Å²) in [6, 6.07) is 0. The molecule has 0 bridgehead atoms. The van der Waals surface area contributed by atoms with Gasteiger partial charge in [0.15, 0.2) is 10.8 Å². The topological polar surface area (TPSA) is 90.0 Å². The van der Waals surface area contributed by atoms with Crippen molar-refractivity contribution in [3.63, 3.8) is 0 Å². The summed E-state index contributed by atoms with van der Waals surface area (Å²) in [5.74, 6) is 1.96. The Morgan fingerprint density at radius 1 is 1.14 bits per heavy atom. The van der Waals surface area contributed by atoms with E-state index >= 15 is 0 Å². The van der Waals surface area contributed by atoms with Crippen molar-refractivity contribution in [3.05, 3.63) is 23.3 Å². The van der Waals surface area contributed by atoms with Gasteiger partial charge in [-0.1, -0.05) is 5.16 Å².